The van der Waals surface area contributed by atoms with Gasteiger partial charge in [0, 0.05) is 19.1 Å². The number of nitrogens with one attached hydrogen (secondary N) is 2. The van der Waals surface area contributed by atoms with E-state index in [-0.39, 0.29) is 24.0 Å². The molecule has 0 unspecified atom stereocenters. The molecule has 1 aliphatic heterocycles. The first-order chi connectivity index (χ1) is 14.6. The number of ether oxygens (including phenoxy) is 1. The molecule has 3 amide bonds. The van der Waals surface area contributed by atoms with Crippen LogP contribution in [0.15, 0.2) is 18.2 Å². The Balaban J connectivity index is 2.03. The molecule has 9 heteroatoms. The van der Waals surface area contributed by atoms with Crippen LogP contribution >= 0.6 is 0 Å². The lowest BCUT2D eigenvalue weighted by molar-refractivity contribution is -0.125. The van der Waals surface area contributed by atoms with Crippen molar-refractivity contribution in [2.45, 2.75) is 52.6 Å². The lowest BCUT2D eigenvalue weighted by atomic mass is 9.91. The second kappa shape index (κ2) is 11.1. The molecule has 0 aromatic heterocycles. The van der Waals surface area contributed by atoms with Gasteiger partial charge in [-0.25, -0.2) is 13.6 Å². The van der Waals surface area contributed by atoms with Gasteiger partial charge in [-0.3, -0.25) is 9.59 Å². The van der Waals surface area contributed by atoms with Crippen molar-refractivity contribution >= 4 is 17.9 Å². The summed E-state index contributed by atoms with van der Waals surface area (Å²) >= 11 is 0. The van der Waals surface area contributed by atoms with Crippen molar-refractivity contribution in [1.82, 2.24) is 15.5 Å². The number of piperidine rings is 1. The van der Waals surface area contributed by atoms with Gasteiger partial charge in [0.2, 0.25) is 5.91 Å². The highest BCUT2D eigenvalue weighted by Crippen LogP contribution is 2.21. The molecule has 0 saturated carbocycles. The topological polar surface area (TPSA) is 87.7 Å². The van der Waals surface area contributed by atoms with Gasteiger partial charge >= 0.3 is 6.09 Å². The lowest BCUT2D eigenvalue weighted by Gasteiger charge is -2.36. The molecule has 0 aliphatic carbocycles. The molecule has 2 N–H and O–H groups in total. The zero-order chi connectivity index (χ0) is 23.1. The van der Waals surface area contributed by atoms with E-state index in [0.717, 1.165) is 25.0 Å². The van der Waals surface area contributed by atoms with Crippen molar-refractivity contribution in [3.05, 3.63) is 35.4 Å². The number of hydrogen-bond donors (Lipinski definition) is 2. The number of carbonyl (C=O) groups excluding carboxylic acids is 3. The van der Waals surface area contributed by atoms with Gasteiger partial charge in [-0.1, -0.05) is 19.9 Å². The Morgan fingerprint density at radius 1 is 1.16 bits per heavy atom. The van der Waals surface area contributed by atoms with Crippen LogP contribution in [0.2, 0.25) is 0 Å². The second-order valence-electron chi connectivity index (χ2n) is 8.14. The summed E-state index contributed by atoms with van der Waals surface area (Å²) in [6.45, 7) is 8.41. The molecule has 0 bridgehead atoms. The van der Waals surface area contributed by atoms with Gasteiger partial charge in [0.25, 0.3) is 5.91 Å². The molecule has 1 saturated heterocycles. The monoisotopic (exact) mass is 439 g/mol. The molecule has 1 aromatic rings. The van der Waals surface area contributed by atoms with E-state index in [1.807, 2.05) is 6.92 Å². The van der Waals surface area contributed by atoms with Crippen molar-refractivity contribution < 1.29 is 27.9 Å². The number of nitrogens with zero attached hydrogens (tertiary/aromatic N) is 1. The minimum absolute atomic E-state index is 0.0228. The molecular weight excluding hydrogens is 408 g/mol. The summed E-state index contributed by atoms with van der Waals surface area (Å²) in [5.41, 5.74) is -0.716. The zero-order valence-corrected chi connectivity index (χ0v) is 18.4. The fourth-order valence-electron chi connectivity index (χ4n) is 3.69. The third-order valence-electron chi connectivity index (χ3n) is 5.49. The average molecular weight is 440 g/mol. The molecule has 1 heterocycles. The molecule has 7 nitrogen and oxygen atoms in total. The third kappa shape index (κ3) is 6.38. The summed E-state index contributed by atoms with van der Waals surface area (Å²) in [4.78, 5) is 38.9. The van der Waals surface area contributed by atoms with Crippen molar-refractivity contribution in [1.29, 1.82) is 0 Å². The summed E-state index contributed by atoms with van der Waals surface area (Å²) in [7, 11) is 0. The molecule has 3 atom stereocenters. The smallest absolute Gasteiger partial charge is 0.409 e. The SMILES string of the molecule is CCOC(=O)N1CCC[C@H]([C@H](C)NC(=O)[C@@H](NC(=O)c2c(F)cccc2F)C(C)C)C1. The van der Waals surface area contributed by atoms with Gasteiger partial charge < -0.3 is 20.3 Å². The first-order valence-corrected chi connectivity index (χ1v) is 10.6. The molecule has 0 spiro atoms. The van der Waals surface area contributed by atoms with Crippen molar-refractivity contribution in [2.75, 3.05) is 19.7 Å². The number of likely N-dealkylation sites (tertiary alicyclic amines) is 1. The Kier molecular flexibility index (Phi) is 8.76. The Bertz CT molecular complexity index is 783. The molecular formula is C22H31F2N3O4. The summed E-state index contributed by atoms with van der Waals surface area (Å²) in [5.74, 6) is -3.70. The standard InChI is InChI=1S/C22H31F2N3O4/c1-5-31-22(30)27-11-7-8-15(12-27)14(4)25-21(29)19(13(2)3)26-20(28)18-16(23)9-6-10-17(18)24/h6,9-10,13-15,19H,5,7-8,11-12H2,1-4H3,(H,25,29)(H,26,28)/t14-,15-,19-/m0/s1. The lowest BCUT2D eigenvalue weighted by Crippen LogP contribution is -2.54. The van der Waals surface area contributed by atoms with Crippen molar-refractivity contribution in [3.63, 3.8) is 0 Å². The van der Waals surface area contributed by atoms with E-state index < -0.39 is 35.1 Å². The fourth-order valence-corrected chi connectivity index (χ4v) is 3.69. The molecule has 1 aromatic carbocycles. The highest BCUT2D eigenvalue weighted by atomic mass is 19.1. The summed E-state index contributed by atoms with van der Waals surface area (Å²) in [6, 6.07) is 1.90. The Morgan fingerprint density at radius 3 is 2.39 bits per heavy atom. The first kappa shape index (κ1) is 24.6. The Hall–Kier alpha value is -2.71. The predicted octanol–water partition coefficient (Wildman–Crippen LogP) is 3.09. The number of halogens is 2. The number of benzene rings is 1. The number of hydrogen-bond acceptors (Lipinski definition) is 4. The van der Waals surface area contributed by atoms with E-state index in [4.69, 9.17) is 4.74 Å². The highest BCUT2D eigenvalue weighted by Gasteiger charge is 2.32. The van der Waals surface area contributed by atoms with Crippen LogP contribution < -0.4 is 10.6 Å². The Morgan fingerprint density at radius 2 is 1.81 bits per heavy atom. The van der Waals surface area contributed by atoms with E-state index in [9.17, 15) is 23.2 Å². The highest BCUT2D eigenvalue weighted by molar-refractivity contribution is 5.98. The van der Waals surface area contributed by atoms with Gasteiger partial charge in [-0.15, -0.1) is 0 Å². The largest absolute Gasteiger partial charge is 0.450 e. The zero-order valence-electron chi connectivity index (χ0n) is 18.4. The molecule has 172 valence electrons. The predicted molar refractivity (Wildman–Crippen MR) is 111 cm³/mol. The molecule has 1 fully saturated rings. The van der Waals surface area contributed by atoms with Crippen LogP contribution in [0.5, 0.6) is 0 Å². The van der Waals surface area contributed by atoms with Crippen LogP contribution in [0.1, 0.15) is 50.9 Å². The number of carbonyl (C=O) groups is 3. The van der Waals surface area contributed by atoms with Gasteiger partial charge in [0.1, 0.15) is 23.2 Å². The van der Waals surface area contributed by atoms with Crippen LogP contribution in [0.25, 0.3) is 0 Å². The summed E-state index contributed by atoms with van der Waals surface area (Å²) in [6.07, 6.45) is 1.25. The maximum Gasteiger partial charge on any atom is 0.409 e. The quantitative estimate of drug-likeness (QED) is 0.684. The van der Waals surface area contributed by atoms with E-state index in [0.29, 0.717) is 19.7 Å². The fraction of sp³-hybridized carbons (Fsp3) is 0.591. The van der Waals surface area contributed by atoms with Crippen molar-refractivity contribution in [2.24, 2.45) is 11.8 Å². The van der Waals surface area contributed by atoms with E-state index in [1.165, 1.54) is 6.07 Å². The van der Waals surface area contributed by atoms with Gasteiger partial charge in [-0.2, -0.15) is 0 Å². The maximum atomic E-state index is 13.9. The van der Waals surface area contributed by atoms with Gasteiger partial charge in [0.15, 0.2) is 0 Å². The summed E-state index contributed by atoms with van der Waals surface area (Å²) in [5, 5.41) is 5.34. The molecule has 1 aliphatic rings. The van der Waals surface area contributed by atoms with Crippen LogP contribution in [0.3, 0.4) is 0 Å². The normalized spacial score (nSPS) is 18.3. The molecule has 31 heavy (non-hydrogen) atoms. The van der Waals surface area contributed by atoms with Gasteiger partial charge in [0.05, 0.1) is 6.61 Å². The Labute approximate surface area is 181 Å². The summed E-state index contributed by atoms with van der Waals surface area (Å²) < 4.78 is 32.9. The maximum absolute atomic E-state index is 13.9. The first-order valence-electron chi connectivity index (χ1n) is 10.6. The van der Waals surface area contributed by atoms with Crippen LogP contribution in [-0.4, -0.2) is 54.6 Å². The van der Waals surface area contributed by atoms with E-state index >= 15 is 0 Å². The number of rotatable bonds is 7. The van der Waals surface area contributed by atoms with Crippen LogP contribution in [-0.2, 0) is 9.53 Å². The second-order valence-corrected chi connectivity index (χ2v) is 8.14. The van der Waals surface area contributed by atoms with Gasteiger partial charge in [-0.05, 0) is 50.7 Å². The third-order valence-corrected chi connectivity index (χ3v) is 5.49. The minimum atomic E-state index is -0.991. The van der Waals surface area contributed by atoms with Crippen LogP contribution in [0, 0.1) is 23.5 Å². The van der Waals surface area contributed by atoms with Crippen molar-refractivity contribution in [3.8, 4) is 0 Å². The van der Waals surface area contributed by atoms with E-state index in [2.05, 4.69) is 10.6 Å². The number of amides is 3. The van der Waals surface area contributed by atoms with E-state index in [1.54, 1.807) is 25.7 Å². The minimum Gasteiger partial charge on any atom is -0.450 e. The molecule has 2 rings (SSSR count). The average Bonchev–Trinajstić information content (AvgIpc) is 2.71. The van der Waals surface area contributed by atoms with Crippen LogP contribution in [0.4, 0.5) is 13.6 Å². The molecule has 0 radical (unpaired) electrons.